The van der Waals surface area contributed by atoms with Crippen LogP contribution in [0.2, 0.25) is 0 Å². The minimum Gasteiger partial charge on any atom is -0.330 e. The lowest BCUT2D eigenvalue weighted by Crippen LogP contribution is -2.23. The molecule has 0 aliphatic rings. The molecule has 1 atom stereocenters. The molecule has 17 heavy (non-hydrogen) atoms. The van der Waals surface area contributed by atoms with Crippen molar-refractivity contribution < 1.29 is 4.79 Å². The summed E-state index contributed by atoms with van der Waals surface area (Å²) in [5, 5.41) is 2.76. The predicted octanol–water partition coefficient (Wildman–Crippen LogP) is 1.43. The Morgan fingerprint density at radius 2 is 2.06 bits per heavy atom. The number of nitrogens with zero attached hydrogens (tertiary/aromatic N) is 2. The molecule has 0 aliphatic carbocycles. The average molecular weight is 236 g/mol. The molecule has 1 rings (SSSR count). The molecule has 0 radical (unpaired) electrons. The molecular weight excluding hydrogens is 216 g/mol. The van der Waals surface area contributed by atoms with Crippen molar-refractivity contribution in [2.24, 2.45) is 17.6 Å². The summed E-state index contributed by atoms with van der Waals surface area (Å²) in [5.74, 6) is 0.756. The van der Waals surface area contributed by atoms with Crippen LogP contribution in [0.4, 0.5) is 5.69 Å². The van der Waals surface area contributed by atoms with Gasteiger partial charge in [0, 0.05) is 6.42 Å². The molecule has 5 nitrogen and oxygen atoms in total. The molecule has 1 aromatic rings. The molecule has 1 amide bonds. The summed E-state index contributed by atoms with van der Waals surface area (Å²) in [6.07, 6.45) is 5.99. The van der Waals surface area contributed by atoms with Crippen LogP contribution in [0.25, 0.3) is 0 Å². The van der Waals surface area contributed by atoms with Gasteiger partial charge in [0.2, 0.25) is 5.91 Å². The van der Waals surface area contributed by atoms with Gasteiger partial charge < -0.3 is 11.1 Å². The second-order valence-corrected chi connectivity index (χ2v) is 4.61. The quantitative estimate of drug-likeness (QED) is 0.782. The lowest BCUT2D eigenvalue weighted by molar-refractivity contribution is -0.117. The topological polar surface area (TPSA) is 80.9 Å². The van der Waals surface area contributed by atoms with Crippen molar-refractivity contribution in [1.82, 2.24) is 9.97 Å². The van der Waals surface area contributed by atoms with E-state index in [1.165, 1.54) is 6.33 Å². The van der Waals surface area contributed by atoms with Crippen molar-refractivity contribution in [3.8, 4) is 0 Å². The third-order valence-corrected chi connectivity index (χ3v) is 2.46. The second-order valence-electron chi connectivity index (χ2n) is 4.61. The number of nitrogens with two attached hydrogens (primary N) is 1. The Kier molecular flexibility index (Phi) is 5.56. The summed E-state index contributed by atoms with van der Waals surface area (Å²) in [5.41, 5.74) is 6.28. The first-order chi connectivity index (χ1) is 8.11. The predicted molar refractivity (Wildman–Crippen MR) is 67.3 cm³/mol. The molecule has 0 unspecified atom stereocenters. The van der Waals surface area contributed by atoms with Crippen LogP contribution in [-0.4, -0.2) is 22.4 Å². The fourth-order valence-electron chi connectivity index (χ4n) is 1.77. The molecule has 94 valence electrons. The van der Waals surface area contributed by atoms with Gasteiger partial charge in [0.25, 0.3) is 0 Å². The van der Waals surface area contributed by atoms with Crippen LogP contribution < -0.4 is 11.1 Å². The van der Waals surface area contributed by atoms with Crippen molar-refractivity contribution in [3.05, 3.63) is 18.7 Å². The zero-order valence-corrected chi connectivity index (χ0v) is 10.4. The van der Waals surface area contributed by atoms with Crippen LogP contribution in [0.3, 0.4) is 0 Å². The van der Waals surface area contributed by atoms with Gasteiger partial charge in [-0.3, -0.25) is 4.79 Å². The number of hydrogen-bond donors (Lipinski definition) is 2. The normalized spacial score (nSPS) is 12.5. The van der Waals surface area contributed by atoms with Gasteiger partial charge in [-0.2, -0.15) is 0 Å². The Morgan fingerprint density at radius 1 is 1.41 bits per heavy atom. The molecule has 0 bridgehead atoms. The number of hydrogen-bond acceptors (Lipinski definition) is 4. The van der Waals surface area contributed by atoms with Crippen molar-refractivity contribution in [2.45, 2.75) is 26.7 Å². The van der Waals surface area contributed by atoms with Crippen LogP contribution >= 0.6 is 0 Å². The first kappa shape index (κ1) is 13.6. The molecule has 0 aliphatic heterocycles. The Labute approximate surface area is 102 Å². The maximum absolute atomic E-state index is 11.7. The number of carbonyl (C=O) groups excluding carboxylic acids is 1. The van der Waals surface area contributed by atoms with E-state index in [2.05, 4.69) is 29.1 Å². The van der Waals surface area contributed by atoms with E-state index in [1.807, 2.05) is 0 Å². The van der Waals surface area contributed by atoms with Gasteiger partial charge in [0.15, 0.2) is 0 Å². The highest BCUT2D eigenvalue weighted by atomic mass is 16.1. The highest BCUT2D eigenvalue weighted by Crippen LogP contribution is 2.15. The minimum absolute atomic E-state index is 0.0316. The summed E-state index contributed by atoms with van der Waals surface area (Å²) < 4.78 is 0. The van der Waals surface area contributed by atoms with E-state index in [0.29, 0.717) is 24.6 Å². The summed E-state index contributed by atoms with van der Waals surface area (Å²) in [7, 11) is 0. The maximum atomic E-state index is 11.7. The van der Waals surface area contributed by atoms with Crippen LogP contribution in [0.1, 0.15) is 26.7 Å². The Morgan fingerprint density at radius 3 is 2.59 bits per heavy atom. The molecule has 0 spiro atoms. The number of amides is 1. The fraction of sp³-hybridized carbons (Fsp3) is 0.583. The molecule has 1 heterocycles. The largest absolute Gasteiger partial charge is 0.330 e. The smallest absolute Gasteiger partial charge is 0.224 e. The average Bonchev–Trinajstić information content (AvgIpc) is 2.28. The number of carbonyl (C=O) groups is 1. The first-order valence-electron chi connectivity index (χ1n) is 5.86. The zero-order valence-electron chi connectivity index (χ0n) is 10.4. The van der Waals surface area contributed by atoms with E-state index in [9.17, 15) is 4.79 Å². The van der Waals surface area contributed by atoms with Gasteiger partial charge in [-0.25, -0.2) is 9.97 Å². The molecule has 1 aromatic heterocycles. The van der Waals surface area contributed by atoms with E-state index in [1.54, 1.807) is 12.4 Å². The molecule has 3 N–H and O–H groups in total. The summed E-state index contributed by atoms with van der Waals surface area (Å²) in [6.45, 7) is 4.80. The summed E-state index contributed by atoms with van der Waals surface area (Å²) in [4.78, 5) is 19.4. The van der Waals surface area contributed by atoms with Crippen molar-refractivity contribution >= 4 is 11.6 Å². The maximum Gasteiger partial charge on any atom is 0.224 e. The van der Waals surface area contributed by atoms with E-state index >= 15 is 0 Å². The Balaban J connectivity index is 2.43. The van der Waals surface area contributed by atoms with Crippen LogP contribution in [-0.2, 0) is 4.79 Å². The van der Waals surface area contributed by atoms with Crippen LogP contribution in [0.5, 0.6) is 0 Å². The van der Waals surface area contributed by atoms with E-state index < -0.39 is 0 Å². The number of anilines is 1. The molecular formula is C12H20N4O. The summed E-state index contributed by atoms with van der Waals surface area (Å²) in [6, 6.07) is 0. The number of rotatable bonds is 6. The van der Waals surface area contributed by atoms with Gasteiger partial charge in [0.05, 0.1) is 18.1 Å². The molecule has 0 saturated carbocycles. The monoisotopic (exact) mass is 236 g/mol. The van der Waals surface area contributed by atoms with E-state index in [0.717, 1.165) is 6.42 Å². The molecule has 5 heteroatoms. The number of aromatic nitrogens is 2. The third-order valence-electron chi connectivity index (χ3n) is 2.46. The first-order valence-corrected chi connectivity index (χ1v) is 5.86. The molecule has 0 aromatic carbocycles. The van der Waals surface area contributed by atoms with Gasteiger partial charge in [-0.05, 0) is 24.8 Å². The van der Waals surface area contributed by atoms with E-state index in [-0.39, 0.29) is 11.8 Å². The third kappa shape index (κ3) is 5.40. The standard InChI is InChI=1S/C12H20N4O/c1-9(2)3-10(5-13)4-12(17)16-11-6-14-8-15-7-11/h6-10H,3-5,13H2,1-2H3,(H,16,17)/t10-/m0/s1. The SMILES string of the molecule is CC(C)C[C@H](CN)CC(=O)Nc1cncnc1. The Bertz CT molecular complexity index is 340. The van der Waals surface area contributed by atoms with Gasteiger partial charge in [-0.15, -0.1) is 0 Å². The highest BCUT2D eigenvalue weighted by molar-refractivity contribution is 5.90. The van der Waals surface area contributed by atoms with Crippen molar-refractivity contribution in [2.75, 3.05) is 11.9 Å². The van der Waals surface area contributed by atoms with Crippen LogP contribution in [0.15, 0.2) is 18.7 Å². The van der Waals surface area contributed by atoms with Gasteiger partial charge in [0.1, 0.15) is 6.33 Å². The highest BCUT2D eigenvalue weighted by Gasteiger charge is 2.14. The second kappa shape index (κ2) is 6.96. The number of nitrogens with one attached hydrogen (secondary N) is 1. The zero-order chi connectivity index (χ0) is 12.7. The van der Waals surface area contributed by atoms with Crippen LogP contribution in [0, 0.1) is 11.8 Å². The molecule has 0 saturated heterocycles. The lowest BCUT2D eigenvalue weighted by atomic mass is 9.94. The van der Waals surface area contributed by atoms with Crippen molar-refractivity contribution in [3.63, 3.8) is 0 Å². The van der Waals surface area contributed by atoms with Gasteiger partial charge in [-0.1, -0.05) is 13.8 Å². The Hall–Kier alpha value is -1.49. The van der Waals surface area contributed by atoms with Gasteiger partial charge >= 0.3 is 0 Å². The fourth-order valence-corrected chi connectivity index (χ4v) is 1.77. The minimum atomic E-state index is -0.0316. The summed E-state index contributed by atoms with van der Waals surface area (Å²) >= 11 is 0. The van der Waals surface area contributed by atoms with Crippen molar-refractivity contribution in [1.29, 1.82) is 0 Å². The lowest BCUT2D eigenvalue weighted by Gasteiger charge is -2.16. The molecule has 0 fully saturated rings. The van der Waals surface area contributed by atoms with E-state index in [4.69, 9.17) is 5.73 Å².